The van der Waals surface area contributed by atoms with Crippen LogP contribution in [0.5, 0.6) is 17.2 Å². The molecule has 0 saturated carbocycles. The highest BCUT2D eigenvalue weighted by Gasteiger charge is 2.18. The summed E-state index contributed by atoms with van der Waals surface area (Å²) >= 11 is 0. The summed E-state index contributed by atoms with van der Waals surface area (Å²) in [5.41, 5.74) is 0.964. The number of aromatic carboxylic acids is 1. The van der Waals surface area contributed by atoms with Crippen molar-refractivity contribution in [3.8, 4) is 17.2 Å². The van der Waals surface area contributed by atoms with E-state index in [9.17, 15) is 9.59 Å². The van der Waals surface area contributed by atoms with Crippen LogP contribution in [0.25, 0.3) is 0 Å². The fourth-order valence-corrected chi connectivity index (χ4v) is 2.13. The number of methoxy groups -OCH3 is 2. The molecule has 0 aliphatic carbocycles. The number of rotatable bonds is 8. The molecule has 7 heteroatoms. The number of nitrogens with one attached hydrogen (secondary N) is 1. The smallest absolute Gasteiger partial charge is 0.335 e. The van der Waals surface area contributed by atoms with Crippen molar-refractivity contribution in [1.29, 1.82) is 0 Å². The van der Waals surface area contributed by atoms with Crippen molar-refractivity contribution in [1.82, 2.24) is 5.32 Å². The van der Waals surface area contributed by atoms with Gasteiger partial charge in [-0.1, -0.05) is 30.3 Å². The van der Waals surface area contributed by atoms with Crippen molar-refractivity contribution in [3.63, 3.8) is 0 Å². The van der Waals surface area contributed by atoms with E-state index >= 15 is 0 Å². The van der Waals surface area contributed by atoms with Gasteiger partial charge in [0, 0.05) is 6.54 Å². The highest BCUT2D eigenvalue weighted by molar-refractivity contribution is 5.89. The largest absolute Gasteiger partial charge is 0.493 e. The van der Waals surface area contributed by atoms with Gasteiger partial charge in [0.05, 0.1) is 19.8 Å². The van der Waals surface area contributed by atoms with Crippen LogP contribution in [0.15, 0.2) is 42.5 Å². The predicted octanol–water partition coefficient (Wildman–Crippen LogP) is 2.10. The maximum Gasteiger partial charge on any atom is 0.335 e. The number of ether oxygens (including phenoxy) is 3. The van der Waals surface area contributed by atoms with E-state index in [0.717, 1.165) is 5.56 Å². The molecule has 7 nitrogen and oxygen atoms in total. The van der Waals surface area contributed by atoms with Crippen LogP contribution in [-0.2, 0) is 11.3 Å². The van der Waals surface area contributed by atoms with Crippen LogP contribution in [0.4, 0.5) is 0 Å². The molecular formula is C18H19NO6. The molecule has 0 aliphatic heterocycles. The van der Waals surface area contributed by atoms with E-state index in [1.54, 1.807) is 0 Å². The van der Waals surface area contributed by atoms with Gasteiger partial charge in [0.2, 0.25) is 5.75 Å². The number of carboxylic acids is 1. The number of amides is 1. The maximum absolute atomic E-state index is 12.0. The molecule has 0 unspecified atom stereocenters. The normalized spacial score (nSPS) is 10.0. The summed E-state index contributed by atoms with van der Waals surface area (Å²) in [6, 6.07) is 12.1. The van der Waals surface area contributed by atoms with Crippen molar-refractivity contribution in [2.24, 2.45) is 0 Å². The van der Waals surface area contributed by atoms with Crippen LogP contribution in [0, 0.1) is 0 Å². The van der Waals surface area contributed by atoms with E-state index in [1.165, 1.54) is 26.4 Å². The van der Waals surface area contributed by atoms with Crippen molar-refractivity contribution in [3.05, 3.63) is 53.6 Å². The first-order chi connectivity index (χ1) is 12.0. The minimum atomic E-state index is -1.12. The zero-order valence-corrected chi connectivity index (χ0v) is 13.9. The average molecular weight is 345 g/mol. The topological polar surface area (TPSA) is 94.1 Å². The van der Waals surface area contributed by atoms with Crippen LogP contribution in [0.2, 0.25) is 0 Å². The van der Waals surface area contributed by atoms with Gasteiger partial charge in [0.25, 0.3) is 5.91 Å². The Kier molecular flexibility index (Phi) is 6.22. The average Bonchev–Trinajstić information content (AvgIpc) is 2.64. The molecule has 0 atom stereocenters. The number of carboxylic acid groups (broad SMARTS) is 1. The second-order valence-electron chi connectivity index (χ2n) is 5.07. The Bertz CT molecular complexity index is 719. The lowest BCUT2D eigenvalue weighted by Crippen LogP contribution is -2.28. The quantitative estimate of drug-likeness (QED) is 0.761. The summed E-state index contributed by atoms with van der Waals surface area (Å²) < 4.78 is 15.8. The zero-order chi connectivity index (χ0) is 18.2. The number of carbonyl (C=O) groups is 2. The van der Waals surface area contributed by atoms with Gasteiger partial charge in [-0.15, -0.1) is 0 Å². The Labute approximate surface area is 145 Å². The lowest BCUT2D eigenvalue weighted by Gasteiger charge is -2.15. The van der Waals surface area contributed by atoms with Crippen molar-refractivity contribution >= 4 is 11.9 Å². The van der Waals surface area contributed by atoms with Crippen molar-refractivity contribution in [2.75, 3.05) is 20.8 Å². The molecule has 132 valence electrons. The van der Waals surface area contributed by atoms with Gasteiger partial charge in [-0.25, -0.2) is 4.79 Å². The summed E-state index contributed by atoms with van der Waals surface area (Å²) in [6.07, 6.45) is 0. The fraction of sp³-hybridized carbons (Fsp3) is 0.222. The minimum Gasteiger partial charge on any atom is -0.493 e. The molecule has 0 aliphatic rings. The molecule has 0 heterocycles. The second-order valence-corrected chi connectivity index (χ2v) is 5.07. The van der Waals surface area contributed by atoms with Crippen LogP contribution >= 0.6 is 0 Å². The summed E-state index contributed by atoms with van der Waals surface area (Å²) in [5.74, 6) is -0.927. The van der Waals surface area contributed by atoms with Crippen molar-refractivity contribution in [2.45, 2.75) is 6.54 Å². The molecule has 0 spiro atoms. The van der Waals surface area contributed by atoms with E-state index in [0.29, 0.717) is 6.54 Å². The van der Waals surface area contributed by atoms with E-state index in [1.807, 2.05) is 30.3 Å². The third-order valence-corrected chi connectivity index (χ3v) is 3.39. The lowest BCUT2D eigenvalue weighted by molar-refractivity contribution is -0.123. The molecule has 25 heavy (non-hydrogen) atoms. The Morgan fingerprint density at radius 1 is 1.04 bits per heavy atom. The van der Waals surface area contributed by atoms with Crippen molar-refractivity contribution < 1.29 is 28.9 Å². The molecular weight excluding hydrogens is 326 g/mol. The van der Waals surface area contributed by atoms with Gasteiger partial charge in [-0.3, -0.25) is 4.79 Å². The third kappa shape index (κ3) is 4.87. The van der Waals surface area contributed by atoms with Gasteiger partial charge < -0.3 is 24.6 Å². The maximum atomic E-state index is 12.0. The molecule has 1 amide bonds. The molecule has 0 bridgehead atoms. The second kappa shape index (κ2) is 8.58. The fourth-order valence-electron chi connectivity index (χ4n) is 2.13. The summed E-state index contributed by atoms with van der Waals surface area (Å²) in [7, 11) is 2.76. The van der Waals surface area contributed by atoms with Gasteiger partial charge in [0.1, 0.15) is 0 Å². The summed E-state index contributed by atoms with van der Waals surface area (Å²) in [5, 5.41) is 11.8. The number of carbonyl (C=O) groups excluding carboxylic acids is 1. The van der Waals surface area contributed by atoms with Crippen LogP contribution < -0.4 is 19.5 Å². The minimum absolute atomic E-state index is 0.00502. The Balaban J connectivity index is 2.03. The van der Waals surface area contributed by atoms with Gasteiger partial charge >= 0.3 is 5.97 Å². The van der Waals surface area contributed by atoms with Crippen LogP contribution in [-0.4, -0.2) is 37.8 Å². The van der Waals surface area contributed by atoms with Gasteiger partial charge in [0.15, 0.2) is 18.1 Å². The molecule has 2 rings (SSSR count). The Hall–Kier alpha value is -3.22. The van der Waals surface area contributed by atoms with Crippen LogP contribution in [0.3, 0.4) is 0 Å². The molecule has 0 aromatic heterocycles. The first-order valence-corrected chi connectivity index (χ1v) is 7.48. The lowest BCUT2D eigenvalue weighted by atomic mass is 10.2. The first-order valence-electron chi connectivity index (χ1n) is 7.48. The molecule has 0 fully saturated rings. The summed E-state index contributed by atoms with van der Waals surface area (Å²) in [4.78, 5) is 23.1. The summed E-state index contributed by atoms with van der Waals surface area (Å²) in [6.45, 7) is 0.126. The van der Waals surface area contributed by atoms with E-state index in [-0.39, 0.29) is 35.3 Å². The molecule has 2 aromatic carbocycles. The molecule has 0 radical (unpaired) electrons. The number of hydrogen-bond acceptors (Lipinski definition) is 5. The Morgan fingerprint density at radius 3 is 2.16 bits per heavy atom. The Morgan fingerprint density at radius 2 is 1.64 bits per heavy atom. The van der Waals surface area contributed by atoms with E-state index < -0.39 is 5.97 Å². The predicted molar refractivity (Wildman–Crippen MR) is 90.3 cm³/mol. The third-order valence-electron chi connectivity index (χ3n) is 3.39. The number of benzene rings is 2. The first kappa shape index (κ1) is 18.1. The highest BCUT2D eigenvalue weighted by atomic mass is 16.5. The number of hydrogen-bond donors (Lipinski definition) is 2. The highest BCUT2D eigenvalue weighted by Crippen LogP contribution is 2.38. The van der Waals surface area contributed by atoms with Crippen LogP contribution in [0.1, 0.15) is 15.9 Å². The molecule has 2 aromatic rings. The molecule has 0 saturated heterocycles. The van der Waals surface area contributed by atoms with E-state index in [2.05, 4.69) is 5.32 Å². The SMILES string of the molecule is COc1cc(C(=O)O)cc(OC)c1OCC(=O)NCc1ccccc1. The monoisotopic (exact) mass is 345 g/mol. The zero-order valence-electron chi connectivity index (χ0n) is 13.9. The van der Waals surface area contributed by atoms with Gasteiger partial charge in [-0.2, -0.15) is 0 Å². The van der Waals surface area contributed by atoms with Gasteiger partial charge in [-0.05, 0) is 17.7 Å². The molecule has 2 N–H and O–H groups in total. The van der Waals surface area contributed by atoms with E-state index in [4.69, 9.17) is 19.3 Å². The standard InChI is InChI=1S/C18H19NO6/c1-23-14-8-13(18(21)22)9-15(24-2)17(14)25-11-16(20)19-10-12-6-4-3-5-7-12/h3-9H,10-11H2,1-2H3,(H,19,20)(H,21,22).